The van der Waals surface area contributed by atoms with E-state index in [1.807, 2.05) is 0 Å². The molecule has 0 radical (unpaired) electrons. The summed E-state index contributed by atoms with van der Waals surface area (Å²) in [5, 5.41) is 3.49. The van der Waals surface area contributed by atoms with E-state index >= 15 is 0 Å². The van der Waals surface area contributed by atoms with Gasteiger partial charge in [0.1, 0.15) is 5.69 Å². The number of hydrogen-bond donors (Lipinski definition) is 1. The van der Waals surface area contributed by atoms with Gasteiger partial charge in [-0.1, -0.05) is 5.16 Å². The number of anilines is 1. The summed E-state index contributed by atoms with van der Waals surface area (Å²) in [4.78, 5) is 3.71. The fourth-order valence-corrected chi connectivity index (χ4v) is 0.762. The van der Waals surface area contributed by atoms with E-state index in [0.29, 0.717) is 17.2 Å². The lowest BCUT2D eigenvalue weighted by molar-refractivity contribution is 0.418. The highest BCUT2D eigenvalue weighted by Gasteiger charge is 2.09. The average Bonchev–Trinajstić information content (AvgIpc) is 2.55. The van der Waals surface area contributed by atoms with E-state index in [1.54, 1.807) is 0 Å². The molecule has 2 heterocycles. The smallest absolute Gasteiger partial charge is 0.226 e. The predicted octanol–water partition coefficient (Wildman–Crippen LogP) is 0.912. The number of hydrogen-bond acceptors (Lipinski definition) is 5. The Hall–Kier alpha value is -1.78. The number of oxazole rings is 1. The van der Waals surface area contributed by atoms with Crippen molar-refractivity contribution in [3.05, 3.63) is 18.8 Å². The first-order chi connectivity index (χ1) is 5.38. The van der Waals surface area contributed by atoms with Crippen LogP contribution < -0.4 is 5.73 Å². The van der Waals surface area contributed by atoms with Crippen molar-refractivity contribution in [1.82, 2.24) is 10.1 Å². The number of aromatic nitrogens is 2. The minimum absolute atomic E-state index is 0.419. The molecule has 0 aliphatic rings. The molecule has 0 aromatic carbocycles. The van der Waals surface area contributed by atoms with Crippen molar-refractivity contribution in [3.8, 4) is 11.5 Å². The Morgan fingerprint density at radius 2 is 2.27 bits per heavy atom. The monoisotopic (exact) mass is 151 g/mol. The molecule has 2 rings (SSSR count). The van der Waals surface area contributed by atoms with Crippen LogP contribution in [0.25, 0.3) is 11.5 Å². The summed E-state index contributed by atoms with van der Waals surface area (Å²) >= 11 is 0. The molecule has 2 aromatic heterocycles. The number of nitrogens with two attached hydrogens (primary N) is 1. The average molecular weight is 151 g/mol. The van der Waals surface area contributed by atoms with Gasteiger partial charge in [0.25, 0.3) is 0 Å². The molecular formula is C6H5N3O2. The molecule has 5 heteroatoms. The lowest BCUT2D eigenvalue weighted by atomic mass is 10.3. The third kappa shape index (κ3) is 0.861. The van der Waals surface area contributed by atoms with Gasteiger partial charge < -0.3 is 14.7 Å². The predicted molar refractivity (Wildman–Crippen MR) is 36.4 cm³/mol. The molecule has 0 spiro atoms. The molecular weight excluding hydrogens is 146 g/mol. The molecule has 0 aliphatic heterocycles. The molecule has 2 N–H and O–H groups in total. The standard InChI is InChI=1S/C6H5N3O2/c7-4-1-9-11-6(4)5-2-8-3-10-5/h1-3H,7H2. The van der Waals surface area contributed by atoms with Gasteiger partial charge in [0.15, 0.2) is 12.2 Å². The third-order valence-corrected chi connectivity index (χ3v) is 1.25. The first-order valence-electron chi connectivity index (χ1n) is 2.97. The van der Waals surface area contributed by atoms with Gasteiger partial charge in [-0.3, -0.25) is 0 Å². The Kier molecular flexibility index (Phi) is 1.15. The second kappa shape index (κ2) is 2.12. The maximum absolute atomic E-state index is 5.49. The largest absolute Gasteiger partial charge is 0.440 e. The molecule has 0 bridgehead atoms. The summed E-state index contributed by atoms with van der Waals surface area (Å²) in [7, 11) is 0. The number of nitrogen functional groups attached to an aromatic ring is 1. The molecule has 11 heavy (non-hydrogen) atoms. The van der Waals surface area contributed by atoms with Crippen LogP contribution in [0.15, 0.2) is 27.7 Å². The topological polar surface area (TPSA) is 78.1 Å². The quantitative estimate of drug-likeness (QED) is 0.655. The second-order valence-electron chi connectivity index (χ2n) is 1.98. The minimum Gasteiger partial charge on any atom is -0.440 e. The molecule has 0 aliphatic carbocycles. The zero-order chi connectivity index (χ0) is 7.68. The highest BCUT2D eigenvalue weighted by molar-refractivity contribution is 5.64. The minimum atomic E-state index is 0.419. The van der Waals surface area contributed by atoms with E-state index in [4.69, 9.17) is 14.7 Å². The first kappa shape index (κ1) is 5.96. The summed E-state index contributed by atoms with van der Waals surface area (Å²) in [6.07, 6.45) is 4.23. The maximum Gasteiger partial charge on any atom is 0.226 e. The van der Waals surface area contributed by atoms with Gasteiger partial charge in [0.2, 0.25) is 5.76 Å². The molecule has 0 atom stereocenters. The van der Waals surface area contributed by atoms with Crippen LogP contribution in [-0.2, 0) is 0 Å². The van der Waals surface area contributed by atoms with Crippen molar-refractivity contribution >= 4 is 5.69 Å². The number of rotatable bonds is 1. The fourth-order valence-electron chi connectivity index (χ4n) is 0.762. The van der Waals surface area contributed by atoms with Crippen molar-refractivity contribution in [2.45, 2.75) is 0 Å². The fraction of sp³-hybridized carbons (Fsp3) is 0. The van der Waals surface area contributed by atoms with Gasteiger partial charge in [-0.05, 0) is 0 Å². The van der Waals surface area contributed by atoms with Crippen LogP contribution in [0.5, 0.6) is 0 Å². The van der Waals surface area contributed by atoms with Gasteiger partial charge in [0.05, 0.1) is 12.4 Å². The van der Waals surface area contributed by atoms with E-state index in [-0.39, 0.29) is 0 Å². The van der Waals surface area contributed by atoms with Crippen molar-refractivity contribution in [2.75, 3.05) is 5.73 Å². The van der Waals surface area contributed by atoms with E-state index < -0.39 is 0 Å². The molecule has 5 nitrogen and oxygen atoms in total. The van der Waals surface area contributed by atoms with Crippen LogP contribution in [0.1, 0.15) is 0 Å². The van der Waals surface area contributed by atoms with Crippen LogP contribution in [0.3, 0.4) is 0 Å². The SMILES string of the molecule is Nc1cnoc1-c1cnco1. The Labute approximate surface area is 61.8 Å². The van der Waals surface area contributed by atoms with Crippen molar-refractivity contribution in [3.63, 3.8) is 0 Å². The Morgan fingerprint density at radius 1 is 1.36 bits per heavy atom. The van der Waals surface area contributed by atoms with Gasteiger partial charge in [-0.2, -0.15) is 0 Å². The summed E-state index contributed by atoms with van der Waals surface area (Å²) in [6, 6.07) is 0. The summed E-state index contributed by atoms with van der Waals surface area (Å²) in [5.41, 5.74) is 5.93. The summed E-state index contributed by atoms with van der Waals surface area (Å²) < 4.78 is 9.73. The van der Waals surface area contributed by atoms with Gasteiger partial charge >= 0.3 is 0 Å². The van der Waals surface area contributed by atoms with Gasteiger partial charge in [0, 0.05) is 0 Å². The van der Waals surface area contributed by atoms with Gasteiger partial charge in [-0.15, -0.1) is 0 Å². The second-order valence-corrected chi connectivity index (χ2v) is 1.98. The van der Waals surface area contributed by atoms with E-state index in [0.717, 1.165) is 0 Å². The van der Waals surface area contributed by atoms with Crippen LogP contribution in [0.4, 0.5) is 5.69 Å². The van der Waals surface area contributed by atoms with Crippen molar-refractivity contribution in [2.24, 2.45) is 0 Å². The van der Waals surface area contributed by atoms with Crippen LogP contribution in [0, 0.1) is 0 Å². The molecule has 56 valence electrons. The Morgan fingerprint density at radius 3 is 2.82 bits per heavy atom. The first-order valence-corrected chi connectivity index (χ1v) is 2.97. The highest BCUT2D eigenvalue weighted by atomic mass is 16.5. The Bertz CT molecular complexity index is 338. The molecule has 2 aromatic rings. The lowest BCUT2D eigenvalue weighted by Gasteiger charge is -1.86. The summed E-state index contributed by atoms with van der Waals surface area (Å²) in [5.74, 6) is 0.905. The Balaban J connectivity index is 2.53. The van der Waals surface area contributed by atoms with E-state index in [1.165, 1.54) is 18.8 Å². The summed E-state index contributed by atoms with van der Waals surface area (Å²) in [6.45, 7) is 0. The van der Waals surface area contributed by atoms with E-state index in [2.05, 4.69) is 10.1 Å². The maximum atomic E-state index is 5.49. The normalized spacial score (nSPS) is 10.2. The van der Waals surface area contributed by atoms with Crippen LogP contribution in [-0.4, -0.2) is 10.1 Å². The molecule has 0 saturated heterocycles. The van der Waals surface area contributed by atoms with Crippen molar-refractivity contribution in [1.29, 1.82) is 0 Å². The number of nitrogens with zero attached hydrogens (tertiary/aromatic N) is 2. The van der Waals surface area contributed by atoms with Crippen LogP contribution >= 0.6 is 0 Å². The van der Waals surface area contributed by atoms with Gasteiger partial charge in [-0.25, -0.2) is 4.98 Å². The molecule has 0 fully saturated rings. The van der Waals surface area contributed by atoms with Crippen LogP contribution in [0.2, 0.25) is 0 Å². The molecule has 0 amide bonds. The third-order valence-electron chi connectivity index (χ3n) is 1.25. The molecule has 0 unspecified atom stereocenters. The van der Waals surface area contributed by atoms with E-state index in [9.17, 15) is 0 Å². The lowest BCUT2D eigenvalue weighted by Crippen LogP contribution is -1.82. The van der Waals surface area contributed by atoms with Crippen molar-refractivity contribution < 1.29 is 8.94 Å². The zero-order valence-electron chi connectivity index (χ0n) is 5.52. The highest BCUT2D eigenvalue weighted by Crippen LogP contribution is 2.23. The zero-order valence-corrected chi connectivity index (χ0v) is 5.52. The molecule has 0 saturated carbocycles.